The maximum Gasteiger partial charge on any atom is 0.277 e. The Balaban J connectivity index is 1.53. The van der Waals surface area contributed by atoms with Crippen LogP contribution in [0.25, 0.3) is 21.9 Å². The molecule has 1 amide bonds. The van der Waals surface area contributed by atoms with E-state index in [0.29, 0.717) is 29.1 Å². The van der Waals surface area contributed by atoms with E-state index in [1.165, 1.54) is 10.9 Å². The molecule has 9 heteroatoms. The second-order valence-electron chi connectivity index (χ2n) is 6.73. The number of aromatic amines is 1. The summed E-state index contributed by atoms with van der Waals surface area (Å²) in [4.78, 5) is 36.5. The Morgan fingerprint density at radius 1 is 1.17 bits per heavy atom. The first-order valence-corrected chi connectivity index (χ1v) is 9.39. The number of carbonyl (C=O) groups is 1. The first kappa shape index (κ1) is 19.4. The van der Waals surface area contributed by atoms with E-state index in [-0.39, 0.29) is 24.4 Å². The van der Waals surface area contributed by atoms with Gasteiger partial charge in [0.15, 0.2) is 11.5 Å². The third-order valence-electron chi connectivity index (χ3n) is 4.90. The van der Waals surface area contributed by atoms with Crippen LogP contribution in [0.2, 0.25) is 0 Å². The standard InChI is InChI=1S/C21H21N5O4/c1-29-16-9-14-15(10-17(16)30-2)25-20-19(14)24-12-26(21(20)28)8-5-18(27)23-11-13-3-6-22-7-4-13/h3-4,6-7,9-10,12,25H,5,8,11H2,1-2H3,(H,23,27). The monoisotopic (exact) mass is 407 g/mol. The van der Waals surface area contributed by atoms with Gasteiger partial charge in [-0.1, -0.05) is 0 Å². The molecule has 0 fully saturated rings. The summed E-state index contributed by atoms with van der Waals surface area (Å²) in [5.74, 6) is 0.968. The second-order valence-corrected chi connectivity index (χ2v) is 6.73. The van der Waals surface area contributed by atoms with E-state index in [2.05, 4.69) is 20.3 Å². The Morgan fingerprint density at radius 3 is 2.63 bits per heavy atom. The summed E-state index contributed by atoms with van der Waals surface area (Å²) >= 11 is 0. The summed E-state index contributed by atoms with van der Waals surface area (Å²) < 4.78 is 12.1. The third kappa shape index (κ3) is 3.69. The summed E-state index contributed by atoms with van der Waals surface area (Å²) in [5.41, 5.74) is 2.37. The SMILES string of the molecule is COc1cc2[nH]c3c(=O)n(CCC(=O)NCc4ccncc4)cnc3c2cc1OC. The number of amides is 1. The summed E-state index contributed by atoms with van der Waals surface area (Å²) in [6.45, 7) is 0.644. The number of fused-ring (bicyclic) bond motifs is 3. The number of H-pyrrole nitrogens is 1. The molecule has 154 valence electrons. The van der Waals surface area contributed by atoms with Crippen LogP contribution in [0.4, 0.5) is 0 Å². The lowest BCUT2D eigenvalue weighted by molar-refractivity contribution is -0.121. The number of rotatable bonds is 7. The largest absolute Gasteiger partial charge is 0.493 e. The van der Waals surface area contributed by atoms with E-state index in [4.69, 9.17) is 9.47 Å². The highest BCUT2D eigenvalue weighted by Gasteiger charge is 2.15. The first-order valence-electron chi connectivity index (χ1n) is 9.39. The van der Waals surface area contributed by atoms with Crippen molar-refractivity contribution < 1.29 is 14.3 Å². The molecule has 9 nitrogen and oxygen atoms in total. The Kier molecular flexibility index (Phi) is 5.34. The second kappa shape index (κ2) is 8.24. The van der Waals surface area contributed by atoms with Gasteiger partial charge in [0.25, 0.3) is 5.56 Å². The van der Waals surface area contributed by atoms with Crippen molar-refractivity contribution in [3.63, 3.8) is 0 Å². The maximum atomic E-state index is 12.9. The fourth-order valence-electron chi connectivity index (χ4n) is 3.29. The number of aromatic nitrogens is 4. The van der Waals surface area contributed by atoms with Crippen molar-refractivity contribution in [2.75, 3.05) is 14.2 Å². The molecule has 0 unspecified atom stereocenters. The molecule has 4 aromatic rings. The lowest BCUT2D eigenvalue weighted by atomic mass is 10.2. The van der Waals surface area contributed by atoms with Crippen LogP contribution < -0.4 is 20.3 Å². The van der Waals surface area contributed by atoms with Crippen molar-refractivity contribution in [3.05, 3.63) is 58.9 Å². The van der Waals surface area contributed by atoms with Crippen molar-refractivity contribution in [2.24, 2.45) is 0 Å². The van der Waals surface area contributed by atoms with Crippen LogP contribution in [0.1, 0.15) is 12.0 Å². The number of benzene rings is 1. The summed E-state index contributed by atoms with van der Waals surface area (Å²) in [6, 6.07) is 7.23. The van der Waals surface area contributed by atoms with E-state index in [0.717, 1.165) is 16.5 Å². The molecule has 0 spiro atoms. The molecule has 3 heterocycles. The van der Waals surface area contributed by atoms with Crippen molar-refractivity contribution in [3.8, 4) is 11.5 Å². The van der Waals surface area contributed by atoms with Gasteiger partial charge < -0.3 is 19.8 Å². The zero-order valence-electron chi connectivity index (χ0n) is 16.6. The van der Waals surface area contributed by atoms with Crippen LogP contribution >= 0.6 is 0 Å². The number of hydrogen-bond donors (Lipinski definition) is 2. The zero-order chi connectivity index (χ0) is 21.1. The average Bonchev–Trinajstić information content (AvgIpc) is 3.15. The topological polar surface area (TPSA) is 111 Å². The van der Waals surface area contributed by atoms with Gasteiger partial charge in [-0.15, -0.1) is 0 Å². The number of carbonyl (C=O) groups excluding carboxylic acids is 1. The van der Waals surface area contributed by atoms with Crippen molar-refractivity contribution in [1.29, 1.82) is 0 Å². The minimum Gasteiger partial charge on any atom is -0.493 e. The summed E-state index contributed by atoms with van der Waals surface area (Å²) in [7, 11) is 3.11. The van der Waals surface area contributed by atoms with Gasteiger partial charge in [0, 0.05) is 43.4 Å². The van der Waals surface area contributed by atoms with Gasteiger partial charge in [0.05, 0.1) is 26.1 Å². The smallest absolute Gasteiger partial charge is 0.277 e. The van der Waals surface area contributed by atoms with Crippen LogP contribution in [0, 0.1) is 0 Å². The van der Waals surface area contributed by atoms with Crippen LogP contribution in [-0.2, 0) is 17.9 Å². The molecule has 0 aliphatic carbocycles. The van der Waals surface area contributed by atoms with Gasteiger partial charge in [0.2, 0.25) is 5.91 Å². The fraction of sp³-hybridized carbons (Fsp3) is 0.238. The number of methoxy groups -OCH3 is 2. The van der Waals surface area contributed by atoms with E-state index in [1.54, 1.807) is 38.7 Å². The van der Waals surface area contributed by atoms with Gasteiger partial charge in [-0.2, -0.15) is 0 Å². The predicted octanol–water partition coefficient (Wildman–Crippen LogP) is 2.00. The normalized spacial score (nSPS) is 11.0. The van der Waals surface area contributed by atoms with Gasteiger partial charge in [-0.05, 0) is 23.8 Å². The van der Waals surface area contributed by atoms with Crippen molar-refractivity contribution >= 4 is 27.8 Å². The molecular formula is C21H21N5O4. The van der Waals surface area contributed by atoms with E-state index in [1.807, 2.05) is 12.1 Å². The summed E-state index contributed by atoms with van der Waals surface area (Å²) in [6.07, 6.45) is 4.98. The summed E-state index contributed by atoms with van der Waals surface area (Å²) in [5, 5.41) is 3.60. The number of nitrogens with one attached hydrogen (secondary N) is 2. The molecule has 0 aliphatic rings. The quantitative estimate of drug-likeness (QED) is 0.485. The Labute approximate surface area is 171 Å². The number of aryl methyl sites for hydroxylation is 1. The average molecular weight is 407 g/mol. The lowest BCUT2D eigenvalue weighted by Crippen LogP contribution is -2.27. The van der Waals surface area contributed by atoms with Crippen LogP contribution in [-0.4, -0.2) is 39.6 Å². The minimum atomic E-state index is -0.240. The number of ether oxygens (including phenoxy) is 2. The molecule has 0 aliphatic heterocycles. The molecule has 0 atom stereocenters. The maximum absolute atomic E-state index is 12.9. The molecule has 3 aromatic heterocycles. The number of nitrogens with zero attached hydrogens (tertiary/aromatic N) is 3. The van der Waals surface area contributed by atoms with E-state index in [9.17, 15) is 9.59 Å². The predicted molar refractivity (Wildman–Crippen MR) is 112 cm³/mol. The van der Waals surface area contributed by atoms with Gasteiger partial charge in [-0.25, -0.2) is 4.98 Å². The number of pyridine rings is 1. The van der Waals surface area contributed by atoms with E-state index >= 15 is 0 Å². The third-order valence-corrected chi connectivity index (χ3v) is 4.90. The van der Waals surface area contributed by atoms with Crippen molar-refractivity contribution in [1.82, 2.24) is 24.8 Å². The lowest BCUT2D eigenvalue weighted by Gasteiger charge is -2.07. The Bertz CT molecular complexity index is 1260. The highest BCUT2D eigenvalue weighted by atomic mass is 16.5. The molecular weight excluding hydrogens is 386 g/mol. The Hall–Kier alpha value is -3.88. The zero-order valence-corrected chi connectivity index (χ0v) is 16.6. The van der Waals surface area contributed by atoms with Gasteiger partial charge in [-0.3, -0.25) is 19.1 Å². The van der Waals surface area contributed by atoms with Crippen LogP contribution in [0.15, 0.2) is 47.8 Å². The van der Waals surface area contributed by atoms with Gasteiger partial charge in [0.1, 0.15) is 11.0 Å². The van der Waals surface area contributed by atoms with Crippen LogP contribution in [0.3, 0.4) is 0 Å². The minimum absolute atomic E-state index is 0.148. The molecule has 1 aromatic carbocycles. The van der Waals surface area contributed by atoms with Crippen molar-refractivity contribution in [2.45, 2.75) is 19.5 Å². The van der Waals surface area contributed by atoms with E-state index < -0.39 is 0 Å². The molecule has 0 saturated heterocycles. The molecule has 4 rings (SSSR count). The fourth-order valence-corrected chi connectivity index (χ4v) is 3.29. The molecule has 0 saturated carbocycles. The highest BCUT2D eigenvalue weighted by molar-refractivity contribution is 6.05. The highest BCUT2D eigenvalue weighted by Crippen LogP contribution is 2.34. The van der Waals surface area contributed by atoms with Crippen LogP contribution in [0.5, 0.6) is 11.5 Å². The van der Waals surface area contributed by atoms with Gasteiger partial charge >= 0.3 is 0 Å². The molecule has 0 radical (unpaired) electrons. The molecule has 0 bridgehead atoms. The number of hydrogen-bond acceptors (Lipinski definition) is 6. The molecule has 30 heavy (non-hydrogen) atoms. The molecule has 2 N–H and O–H groups in total. The first-order chi connectivity index (χ1) is 14.6. The Morgan fingerprint density at radius 2 is 1.90 bits per heavy atom.